The van der Waals surface area contributed by atoms with Crippen LogP contribution < -0.4 is 5.32 Å². The summed E-state index contributed by atoms with van der Waals surface area (Å²) in [5.74, 6) is 1.67. The van der Waals surface area contributed by atoms with E-state index in [-0.39, 0.29) is 5.91 Å². The van der Waals surface area contributed by atoms with Crippen LogP contribution in [0.25, 0.3) is 11.3 Å². The van der Waals surface area contributed by atoms with Crippen LogP contribution in [-0.2, 0) is 11.3 Å². The number of carbonyl (C=O) groups is 1. The molecule has 0 unspecified atom stereocenters. The number of aromatic nitrogens is 2. The maximum atomic E-state index is 11.6. The molecule has 0 bridgehead atoms. The fourth-order valence-corrected chi connectivity index (χ4v) is 2.40. The van der Waals surface area contributed by atoms with E-state index in [4.69, 9.17) is 0 Å². The molecule has 1 aromatic carbocycles. The first-order valence-electron chi connectivity index (χ1n) is 8.22. The molecular weight excluding hydrogens is 316 g/mol. The molecule has 0 aliphatic carbocycles. The number of carbonyl (C=O) groups excluding carboxylic acids is 1. The van der Waals surface area contributed by atoms with Crippen LogP contribution in [-0.4, -0.2) is 66.4 Å². The highest BCUT2D eigenvalue weighted by Crippen LogP contribution is 2.16. The number of rotatable bonds is 6. The largest absolute Gasteiger partial charge is 0.356 e. The summed E-state index contributed by atoms with van der Waals surface area (Å²) in [6.07, 6.45) is 2.27. The molecule has 0 atom stereocenters. The lowest BCUT2D eigenvalue weighted by Crippen LogP contribution is -2.40. The third-order valence-corrected chi connectivity index (χ3v) is 3.79. The summed E-state index contributed by atoms with van der Waals surface area (Å²) in [7, 11) is 7.17. The van der Waals surface area contributed by atoms with Gasteiger partial charge in [0.15, 0.2) is 5.96 Å². The Balaban J connectivity index is 1.90. The molecule has 1 aromatic heterocycles. The van der Waals surface area contributed by atoms with E-state index in [2.05, 4.69) is 20.3 Å². The smallest absolute Gasteiger partial charge is 0.223 e. The Morgan fingerprint density at radius 1 is 1.24 bits per heavy atom. The quantitative estimate of drug-likeness (QED) is 0.617. The van der Waals surface area contributed by atoms with Crippen LogP contribution in [0.5, 0.6) is 0 Å². The number of aliphatic imine (C=N–C) groups is 1. The van der Waals surface area contributed by atoms with Gasteiger partial charge >= 0.3 is 0 Å². The summed E-state index contributed by atoms with van der Waals surface area (Å²) in [5, 5.41) is 3.20. The van der Waals surface area contributed by atoms with Gasteiger partial charge in [-0.05, 0) is 5.56 Å². The molecule has 7 nitrogen and oxygen atoms in total. The van der Waals surface area contributed by atoms with Crippen molar-refractivity contribution in [1.29, 1.82) is 0 Å². The molecule has 0 spiro atoms. The van der Waals surface area contributed by atoms with Crippen LogP contribution in [0.4, 0.5) is 0 Å². The Hall–Kier alpha value is -2.83. The number of nitrogens with one attached hydrogen (secondary N) is 2. The lowest BCUT2D eigenvalue weighted by Gasteiger charge is -2.21. The van der Waals surface area contributed by atoms with Gasteiger partial charge in [0.2, 0.25) is 5.91 Å². The van der Waals surface area contributed by atoms with Crippen LogP contribution in [0.15, 0.2) is 41.5 Å². The van der Waals surface area contributed by atoms with Gasteiger partial charge in [-0.25, -0.2) is 4.98 Å². The van der Waals surface area contributed by atoms with Gasteiger partial charge < -0.3 is 20.1 Å². The Labute approximate surface area is 148 Å². The minimum atomic E-state index is 0.0872. The number of amides is 1. The van der Waals surface area contributed by atoms with E-state index in [0.29, 0.717) is 19.5 Å². The number of benzene rings is 1. The van der Waals surface area contributed by atoms with E-state index < -0.39 is 0 Å². The molecule has 0 saturated heterocycles. The summed E-state index contributed by atoms with van der Waals surface area (Å²) in [4.78, 5) is 27.2. The number of hydrogen-bond acceptors (Lipinski definition) is 3. The summed E-state index contributed by atoms with van der Waals surface area (Å²) < 4.78 is 0. The monoisotopic (exact) mass is 342 g/mol. The van der Waals surface area contributed by atoms with Gasteiger partial charge in [0.1, 0.15) is 5.82 Å². The molecule has 1 amide bonds. The third kappa shape index (κ3) is 5.34. The maximum absolute atomic E-state index is 11.6. The van der Waals surface area contributed by atoms with Crippen molar-refractivity contribution in [2.24, 2.45) is 4.99 Å². The lowest BCUT2D eigenvalue weighted by molar-refractivity contribution is -0.128. The topological polar surface area (TPSA) is 76.6 Å². The highest BCUT2D eigenvalue weighted by molar-refractivity contribution is 5.81. The average Bonchev–Trinajstić information content (AvgIpc) is 3.07. The maximum Gasteiger partial charge on any atom is 0.223 e. The van der Waals surface area contributed by atoms with Gasteiger partial charge in [-0.2, -0.15) is 0 Å². The predicted octanol–water partition coefficient (Wildman–Crippen LogP) is 1.56. The van der Waals surface area contributed by atoms with E-state index in [9.17, 15) is 4.79 Å². The summed E-state index contributed by atoms with van der Waals surface area (Å²) in [6.45, 7) is 1.13. The van der Waals surface area contributed by atoms with Crippen molar-refractivity contribution in [2.45, 2.75) is 13.0 Å². The summed E-state index contributed by atoms with van der Waals surface area (Å²) in [6, 6.07) is 10.1. The van der Waals surface area contributed by atoms with Crippen molar-refractivity contribution in [3.8, 4) is 11.3 Å². The van der Waals surface area contributed by atoms with E-state index in [1.54, 1.807) is 26.0 Å². The van der Waals surface area contributed by atoms with Gasteiger partial charge in [0.25, 0.3) is 0 Å². The SMILES string of the molecule is CN=C(NCCC(=O)N(C)C)N(C)Cc1ncc(-c2ccccc2)[nH]1. The Bertz CT molecular complexity index is 707. The van der Waals surface area contributed by atoms with Crippen molar-refractivity contribution in [3.05, 3.63) is 42.4 Å². The second kappa shape index (κ2) is 8.86. The predicted molar refractivity (Wildman–Crippen MR) is 100 cm³/mol. The van der Waals surface area contributed by atoms with Crippen LogP contribution in [0.1, 0.15) is 12.2 Å². The van der Waals surface area contributed by atoms with Crippen LogP contribution in [0.3, 0.4) is 0 Å². The van der Waals surface area contributed by atoms with E-state index in [1.165, 1.54) is 0 Å². The van der Waals surface area contributed by atoms with Gasteiger partial charge in [0.05, 0.1) is 18.4 Å². The molecule has 0 aliphatic rings. The number of nitrogens with zero attached hydrogens (tertiary/aromatic N) is 4. The minimum Gasteiger partial charge on any atom is -0.356 e. The first-order valence-corrected chi connectivity index (χ1v) is 8.22. The molecule has 2 N–H and O–H groups in total. The van der Waals surface area contributed by atoms with Crippen LogP contribution in [0.2, 0.25) is 0 Å². The van der Waals surface area contributed by atoms with Crippen LogP contribution in [0, 0.1) is 0 Å². The average molecular weight is 342 g/mol. The fraction of sp³-hybridized carbons (Fsp3) is 0.389. The molecule has 0 fully saturated rings. The zero-order valence-electron chi connectivity index (χ0n) is 15.3. The number of guanidine groups is 1. The summed E-state index contributed by atoms with van der Waals surface area (Å²) >= 11 is 0. The summed E-state index contributed by atoms with van der Waals surface area (Å²) in [5.41, 5.74) is 2.09. The molecule has 2 rings (SSSR count). The number of aromatic amines is 1. The molecule has 0 saturated carbocycles. The minimum absolute atomic E-state index is 0.0872. The van der Waals surface area contributed by atoms with E-state index in [0.717, 1.165) is 23.0 Å². The Morgan fingerprint density at radius 3 is 2.60 bits per heavy atom. The second-order valence-corrected chi connectivity index (χ2v) is 5.98. The standard InChI is InChI=1S/C18H26N6O/c1-19-18(20-11-10-17(25)23(2)3)24(4)13-16-21-12-15(22-16)14-8-6-5-7-9-14/h5-9,12H,10-11,13H2,1-4H3,(H,19,20)(H,21,22). The fourth-order valence-electron chi connectivity index (χ4n) is 2.40. The van der Waals surface area contributed by atoms with Crippen LogP contribution >= 0.6 is 0 Å². The van der Waals surface area contributed by atoms with Gasteiger partial charge in [-0.15, -0.1) is 0 Å². The molecular formula is C18H26N6O. The lowest BCUT2D eigenvalue weighted by atomic mass is 10.2. The van der Waals surface area contributed by atoms with Gasteiger partial charge in [-0.3, -0.25) is 9.79 Å². The van der Waals surface area contributed by atoms with Crippen molar-refractivity contribution >= 4 is 11.9 Å². The Morgan fingerprint density at radius 2 is 1.96 bits per heavy atom. The zero-order valence-corrected chi connectivity index (χ0v) is 15.3. The van der Waals surface area contributed by atoms with E-state index >= 15 is 0 Å². The van der Waals surface area contributed by atoms with Gasteiger partial charge in [-0.1, -0.05) is 30.3 Å². The Kier molecular flexibility index (Phi) is 6.56. The molecule has 7 heteroatoms. The third-order valence-electron chi connectivity index (χ3n) is 3.79. The first kappa shape index (κ1) is 18.5. The first-order chi connectivity index (χ1) is 12.0. The molecule has 0 aliphatic heterocycles. The van der Waals surface area contributed by atoms with Crippen molar-refractivity contribution in [1.82, 2.24) is 25.1 Å². The zero-order chi connectivity index (χ0) is 18.2. The van der Waals surface area contributed by atoms with Crippen molar-refractivity contribution < 1.29 is 4.79 Å². The molecule has 1 heterocycles. The highest BCUT2D eigenvalue weighted by atomic mass is 16.2. The van der Waals surface area contributed by atoms with Crippen molar-refractivity contribution in [2.75, 3.05) is 34.7 Å². The van der Waals surface area contributed by atoms with Gasteiger partial charge in [0, 0.05) is 41.2 Å². The number of H-pyrrole nitrogens is 1. The molecule has 25 heavy (non-hydrogen) atoms. The molecule has 134 valence electrons. The van der Waals surface area contributed by atoms with E-state index in [1.807, 2.05) is 48.5 Å². The number of imidazole rings is 1. The number of hydrogen-bond donors (Lipinski definition) is 2. The molecule has 2 aromatic rings. The normalized spacial score (nSPS) is 11.3. The highest BCUT2D eigenvalue weighted by Gasteiger charge is 2.11. The second-order valence-electron chi connectivity index (χ2n) is 5.98. The molecule has 0 radical (unpaired) electrons. The van der Waals surface area contributed by atoms with Crippen molar-refractivity contribution in [3.63, 3.8) is 0 Å².